The summed E-state index contributed by atoms with van der Waals surface area (Å²) in [5.74, 6) is -1.05. The predicted octanol–water partition coefficient (Wildman–Crippen LogP) is 3.56. The molecule has 2 aromatic rings. The molecule has 0 aliphatic rings. The van der Waals surface area contributed by atoms with Gasteiger partial charge in [-0.15, -0.1) is 0 Å². The van der Waals surface area contributed by atoms with Crippen LogP contribution in [0.15, 0.2) is 42.5 Å². The Bertz CT molecular complexity index is 703. The summed E-state index contributed by atoms with van der Waals surface area (Å²) in [7, 11) is 0. The molecule has 2 N–H and O–H groups in total. The molecule has 21 heavy (non-hydrogen) atoms. The number of benzene rings is 2. The molecule has 7 heteroatoms. The number of carboxylic acid groups (broad SMARTS) is 1. The number of hydrogen-bond acceptors (Lipinski definition) is 4. The van der Waals surface area contributed by atoms with Crippen LogP contribution in [0.4, 0.5) is 11.4 Å². The third-order valence-corrected chi connectivity index (χ3v) is 3.24. The van der Waals surface area contributed by atoms with E-state index in [1.807, 2.05) is 0 Å². The van der Waals surface area contributed by atoms with Crippen LogP contribution >= 0.6 is 11.6 Å². The summed E-state index contributed by atoms with van der Waals surface area (Å²) in [6, 6.07) is 10.5. The third-order valence-electron chi connectivity index (χ3n) is 2.87. The van der Waals surface area contributed by atoms with Crippen molar-refractivity contribution in [2.45, 2.75) is 6.54 Å². The van der Waals surface area contributed by atoms with Gasteiger partial charge in [0.15, 0.2) is 0 Å². The van der Waals surface area contributed by atoms with Gasteiger partial charge in [0.25, 0.3) is 5.69 Å². The Hall–Kier alpha value is -2.60. The molecule has 2 aromatic carbocycles. The molecule has 0 amide bonds. The first-order valence-corrected chi connectivity index (χ1v) is 6.36. The Kier molecular flexibility index (Phi) is 4.39. The number of nitrogens with zero attached hydrogens (tertiary/aromatic N) is 1. The lowest BCUT2D eigenvalue weighted by molar-refractivity contribution is -0.384. The quantitative estimate of drug-likeness (QED) is 0.651. The largest absolute Gasteiger partial charge is 0.478 e. The van der Waals surface area contributed by atoms with Crippen molar-refractivity contribution in [3.05, 3.63) is 68.7 Å². The minimum Gasteiger partial charge on any atom is -0.478 e. The highest BCUT2D eigenvalue weighted by molar-refractivity contribution is 6.31. The molecule has 0 fully saturated rings. The lowest BCUT2D eigenvalue weighted by Crippen LogP contribution is -2.06. The van der Waals surface area contributed by atoms with Crippen LogP contribution in [0, 0.1) is 10.1 Å². The Morgan fingerprint density at radius 3 is 2.67 bits per heavy atom. The minimum absolute atomic E-state index is 0.0669. The smallest absolute Gasteiger partial charge is 0.337 e. The molecule has 0 aromatic heterocycles. The zero-order valence-electron chi connectivity index (χ0n) is 10.7. The summed E-state index contributed by atoms with van der Waals surface area (Å²) in [5, 5.41) is 23.1. The van der Waals surface area contributed by atoms with E-state index in [0.29, 0.717) is 16.3 Å². The van der Waals surface area contributed by atoms with E-state index in [0.717, 1.165) is 0 Å². The molecular weight excluding hydrogens is 296 g/mol. The molecule has 0 aliphatic heterocycles. The van der Waals surface area contributed by atoms with E-state index < -0.39 is 10.9 Å². The lowest BCUT2D eigenvalue weighted by Gasteiger charge is -2.10. The average Bonchev–Trinajstić information content (AvgIpc) is 2.46. The van der Waals surface area contributed by atoms with Crippen molar-refractivity contribution in [2.24, 2.45) is 0 Å². The molecule has 6 nitrogen and oxygen atoms in total. The molecule has 0 atom stereocenters. The van der Waals surface area contributed by atoms with E-state index in [4.69, 9.17) is 16.7 Å². The lowest BCUT2D eigenvalue weighted by atomic mass is 10.1. The van der Waals surface area contributed by atoms with Crippen molar-refractivity contribution in [1.29, 1.82) is 0 Å². The summed E-state index contributed by atoms with van der Waals surface area (Å²) >= 11 is 5.99. The number of para-hydroxylation sites is 1. The number of rotatable bonds is 5. The first-order chi connectivity index (χ1) is 9.99. The molecule has 0 saturated carbocycles. The highest BCUT2D eigenvalue weighted by Crippen LogP contribution is 2.24. The van der Waals surface area contributed by atoms with Crippen LogP contribution in [0.2, 0.25) is 5.02 Å². The van der Waals surface area contributed by atoms with Crippen LogP contribution in [-0.4, -0.2) is 16.0 Å². The molecule has 2 rings (SSSR count). The second-order valence-electron chi connectivity index (χ2n) is 4.24. The van der Waals surface area contributed by atoms with E-state index in [9.17, 15) is 14.9 Å². The van der Waals surface area contributed by atoms with Crippen LogP contribution in [0.1, 0.15) is 15.9 Å². The van der Waals surface area contributed by atoms with Crippen LogP contribution in [0.5, 0.6) is 0 Å². The second-order valence-corrected chi connectivity index (χ2v) is 4.64. The summed E-state index contributed by atoms with van der Waals surface area (Å²) in [6.07, 6.45) is 0. The van der Waals surface area contributed by atoms with Gasteiger partial charge in [-0.2, -0.15) is 0 Å². The van der Waals surface area contributed by atoms with Crippen LogP contribution in [0.3, 0.4) is 0 Å². The Morgan fingerprint density at radius 1 is 1.29 bits per heavy atom. The number of nitro groups is 1. The van der Waals surface area contributed by atoms with Gasteiger partial charge in [0, 0.05) is 29.4 Å². The fourth-order valence-corrected chi connectivity index (χ4v) is 2.01. The molecule has 0 radical (unpaired) electrons. The fourth-order valence-electron chi connectivity index (χ4n) is 1.82. The predicted molar refractivity (Wildman–Crippen MR) is 78.8 cm³/mol. The maximum absolute atomic E-state index is 11.1. The van der Waals surface area contributed by atoms with Gasteiger partial charge in [-0.25, -0.2) is 4.79 Å². The van der Waals surface area contributed by atoms with E-state index in [2.05, 4.69) is 5.32 Å². The number of carboxylic acids is 1. The maximum Gasteiger partial charge on any atom is 0.337 e. The van der Waals surface area contributed by atoms with E-state index in [-0.39, 0.29) is 17.8 Å². The first-order valence-electron chi connectivity index (χ1n) is 5.98. The molecule has 0 spiro atoms. The zero-order valence-corrected chi connectivity index (χ0v) is 11.5. The molecule has 0 unspecified atom stereocenters. The minimum atomic E-state index is -1.05. The fraction of sp³-hybridized carbons (Fsp3) is 0.0714. The maximum atomic E-state index is 11.1. The van der Waals surface area contributed by atoms with Gasteiger partial charge in [-0.05, 0) is 23.8 Å². The normalized spacial score (nSPS) is 10.1. The number of anilines is 1. The van der Waals surface area contributed by atoms with Crippen LogP contribution < -0.4 is 5.32 Å². The average molecular weight is 307 g/mol. The van der Waals surface area contributed by atoms with Gasteiger partial charge in [-0.1, -0.05) is 23.7 Å². The summed E-state index contributed by atoms with van der Waals surface area (Å²) in [4.78, 5) is 21.3. The Morgan fingerprint density at radius 2 is 2.00 bits per heavy atom. The van der Waals surface area contributed by atoms with Crippen molar-refractivity contribution in [1.82, 2.24) is 0 Å². The van der Waals surface area contributed by atoms with Gasteiger partial charge < -0.3 is 10.4 Å². The number of nitro benzene ring substituents is 1. The molecule has 0 saturated heterocycles. The van der Waals surface area contributed by atoms with Crippen LogP contribution in [0.25, 0.3) is 0 Å². The Balaban J connectivity index is 2.22. The number of aromatic carboxylic acids is 1. The van der Waals surface area contributed by atoms with Crippen molar-refractivity contribution >= 4 is 28.9 Å². The van der Waals surface area contributed by atoms with Crippen molar-refractivity contribution in [2.75, 3.05) is 5.32 Å². The number of hydrogen-bond donors (Lipinski definition) is 2. The van der Waals surface area contributed by atoms with Gasteiger partial charge >= 0.3 is 5.97 Å². The zero-order chi connectivity index (χ0) is 15.4. The van der Waals surface area contributed by atoms with Gasteiger partial charge in [0.2, 0.25) is 0 Å². The van der Waals surface area contributed by atoms with E-state index in [1.54, 1.807) is 18.2 Å². The molecule has 0 heterocycles. The molecule has 0 bridgehead atoms. The standard InChI is InChI=1S/C14H11ClN2O4/c15-12-6-5-10(17(20)21)7-9(12)8-16-13-4-2-1-3-11(13)14(18)19/h1-7,16H,8H2,(H,18,19). The topological polar surface area (TPSA) is 92.5 Å². The molecular formula is C14H11ClN2O4. The van der Waals surface area contributed by atoms with Gasteiger partial charge in [-0.3, -0.25) is 10.1 Å². The first kappa shape index (κ1) is 14.8. The summed E-state index contributed by atoms with van der Waals surface area (Å²) < 4.78 is 0. The van der Waals surface area contributed by atoms with Crippen molar-refractivity contribution < 1.29 is 14.8 Å². The molecule has 108 valence electrons. The van der Waals surface area contributed by atoms with Gasteiger partial charge in [0.05, 0.1) is 10.5 Å². The number of non-ortho nitro benzene ring substituents is 1. The number of carbonyl (C=O) groups is 1. The van der Waals surface area contributed by atoms with Crippen molar-refractivity contribution in [3.8, 4) is 0 Å². The highest BCUT2D eigenvalue weighted by atomic mass is 35.5. The number of nitrogens with one attached hydrogen (secondary N) is 1. The highest BCUT2D eigenvalue weighted by Gasteiger charge is 2.12. The summed E-state index contributed by atoms with van der Waals surface area (Å²) in [6.45, 7) is 0.185. The third kappa shape index (κ3) is 3.49. The van der Waals surface area contributed by atoms with E-state index in [1.165, 1.54) is 24.3 Å². The second kappa shape index (κ2) is 6.23. The van der Waals surface area contributed by atoms with Gasteiger partial charge in [0.1, 0.15) is 0 Å². The van der Waals surface area contributed by atoms with Crippen LogP contribution in [-0.2, 0) is 6.54 Å². The monoisotopic (exact) mass is 306 g/mol. The Labute approximate surface area is 125 Å². The summed E-state index contributed by atoms with van der Waals surface area (Å²) in [5.41, 5.74) is 1.00. The molecule has 0 aliphatic carbocycles. The SMILES string of the molecule is O=C(O)c1ccccc1NCc1cc([N+](=O)[O-])ccc1Cl. The van der Waals surface area contributed by atoms with E-state index >= 15 is 0 Å². The van der Waals surface area contributed by atoms with Crippen molar-refractivity contribution in [3.63, 3.8) is 0 Å². The number of halogens is 1.